The summed E-state index contributed by atoms with van der Waals surface area (Å²) in [5.41, 5.74) is 2.51. The molecule has 0 unspecified atom stereocenters. The fraction of sp³-hybridized carbons (Fsp3) is 0.133. The standard InChI is InChI=1S/C15H13N3O2/c1-2-11-9-12(15(19)20)17-18(11)13-7-3-5-10-6-4-8-16-14(10)13/h3-9H,2H2,1H3,(H,19,20). The molecule has 0 spiro atoms. The van der Waals surface area contributed by atoms with Crippen molar-refractivity contribution in [3.05, 3.63) is 54.0 Å². The zero-order valence-corrected chi connectivity index (χ0v) is 10.9. The third-order valence-electron chi connectivity index (χ3n) is 3.20. The summed E-state index contributed by atoms with van der Waals surface area (Å²) in [7, 11) is 0. The van der Waals surface area contributed by atoms with E-state index >= 15 is 0 Å². The van der Waals surface area contributed by atoms with Crippen LogP contribution in [0.2, 0.25) is 0 Å². The summed E-state index contributed by atoms with van der Waals surface area (Å²) in [6, 6.07) is 11.2. The molecule has 0 aliphatic carbocycles. The second-order valence-corrected chi connectivity index (χ2v) is 4.44. The average molecular weight is 267 g/mol. The van der Waals surface area contributed by atoms with Crippen LogP contribution < -0.4 is 0 Å². The highest BCUT2D eigenvalue weighted by Crippen LogP contribution is 2.21. The number of aryl methyl sites for hydroxylation is 1. The molecule has 2 heterocycles. The Bertz CT molecular complexity index is 787. The van der Waals surface area contributed by atoms with Crippen molar-refractivity contribution < 1.29 is 9.90 Å². The molecule has 0 amide bonds. The van der Waals surface area contributed by atoms with Gasteiger partial charge in [-0.25, -0.2) is 9.48 Å². The molecule has 20 heavy (non-hydrogen) atoms. The molecule has 0 fully saturated rings. The molecule has 1 N–H and O–H groups in total. The number of carboxylic acids is 1. The van der Waals surface area contributed by atoms with Gasteiger partial charge in [-0.1, -0.05) is 25.1 Å². The molecule has 0 radical (unpaired) electrons. The molecule has 3 rings (SSSR count). The molecule has 5 heteroatoms. The zero-order valence-electron chi connectivity index (χ0n) is 10.9. The smallest absolute Gasteiger partial charge is 0.356 e. The highest BCUT2D eigenvalue weighted by molar-refractivity contribution is 5.88. The van der Waals surface area contributed by atoms with Gasteiger partial charge in [0, 0.05) is 17.3 Å². The minimum atomic E-state index is -1.02. The number of benzene rings is 1. The minimum Gasteiger partial charge on any atom is -0.476 e. The van der Waals surface area contributed by atoms with Crippen molar-refractivity contribution in [1.29, 1.82) is 0 Å². The molecular formula is C15H13N3O2. The highest BCUT2D eigenvalue weighted by Gasteiger charge is 2.15. The van der Waals surface area contributed by atoms with E-state index in [0.29, 0.717) is 6.42 Å². The molecule has 0 atom stereocenters. The first-order valence-electron chi connectivity index (χ1n) is 6.37. The molecule has 0 saturated carbocycles. The molecule has 100 valence electrons. The van der Waals surface area contributed by atoms with Crippen LogP contribution in [-0.4, -0.2) is 25.8 Å². The number of carbonyl (C=O) groups is 1. The Kier molecular flexibility index (Phi) is 2.95. The first-order valence-corrected chi connectivity index (χ1v) is 6.37. The van der Waals surface area contributed by atoms with Crippen LogP contribution in [0.15, 0.2) is 42.6 Å². The maximum Gasteiger partial charge on any atom is 0.356 e. The summed E-state index contributed by atoms with van der Waals surface area (Å²) in [6.45, 7) is 1.97. The van der Waals surface area contributed by atoms with E-state index in [1.165, 1.54) is 0 Å². The van der Waals surface area contributed by atoms with Gasteiger partial charge in [0.05, 0.1) is 11.2 Å². The van der Waals surface area contributed by atoms with E-state index in [4.69, 9.17) is 5.11 Å². The molecule has 3 aromatic rings. The number of pyridine rings is 1. The van der Waals surface area contributed by atoms with Gasteiger partial charge in [-0.2, -0.15) is 5.10 Å². The molecule has 0 saturated heterocycles. The number of carboxylic acid groups (broad SMARTS) is 1. The van der Waals surface area contributed by atoms with E-state index < -0.39 is 5.97 Å². The molecule has 0 aliphatic rings. The number of rotatable bonds is 3. The van der Waals surface area contributed by atoms with E-state index in [-0.39, 0.29) is 5.69 Å². The summed E-state index contributed by atoms with van der Waals surface area (Å²) < 4.78 is 1.67. The maximum atomic E-state index is 11.1. The second-order valence-electron chi connectivity index (χ2n) is 4.44. The van der Waals surface area contributed by atoms with Gasteiger partial charge in [-0.3, -0.25) is 4.98 Å². The second kappa shape index (κ2) is 4.77. The fourth-order valence-electron chi connectivity index (χ4n) is 2.24. The average Bonchev–Trinajstić information content (AvgIpc) is 2.91. The first-order chi connectivity index (χ1) is 9.70. The summed E-state index contributed by atoms with van der Waals surface area (Å²) >= 11 is 0. The number of hydrogen-bond donors (Lipinski definition) is 1. The third-order valence-corrected chi connectivity index (χ3v) is 3.20. The van der Waals surface area contributed by atoms with Crippen molar-refractivity contribution in [2.45, 2.75) is 13.3 Å². The monoisotopic (exact) mass is 267 g/mol. The summed E-state index contributed by atoms with van der Waals surface area (Å²) in [5, 5.41) is 14.3. The Hall–Kier alpha value is -2.69. The van der Waals surface area contributed by atoms with Crippen molar-refractivity contribution in [1.82, 2.24) is 14.8 Å². The van der Waals surface area contributed by atoms with Crippen LogP contribution in [0.4, 0.5) is 0 Å². The summed E-state index contributed by atoms with van der Waals surface area (Å²) in [6.07, 6.45) is 2.42. The molecule has 2 aromatic heterocycles. The van der Waals surface area contributed by atoms with Gasteiger partial charge in [-0.15, -0.1) is 0 Å². The number of nitrogens with zero attached hydrogens (tertiary/aromatic N) is 3. The quantitative estimate of drug-likeness (QED) is 0.792. The van der Waals surface area contributed by atoms with Gasteiger partial charge in [0.25, 0.3) is 0 Å². The molecule has 1 aromatic carbocycles. The van der Waals surface area contributed by atoms with Crippen molar-refractivity contribution in [3.63, 3.8) is 0 Å². The van der Waals surface area contributed by atoms with Gasteiger partial charge < -0.3 is 5.11 Å². The van der Waals surface area contributed by atoms with E-state index in [9.17, 15) is 4.79 Å². The first kappa shape index (κ1) is 12.3. The maximum absolute atomic E-state index is 11.1. The van der Waals surface area contributed by atoms with Gasteiger partial charge in [0.1, 0.15) is 0 Å². The summed E-state index contributed by atoms with van der Waals surface area (Å²) in [4.78, 5) is 15.5. The Labute approximate surface area is 115 Å². The number of aromatic carboxylic acids is 1. The lowest BCUT2D eigenvalue weighted by Gasteiger charge is -2.08. The molecule has 0 aliphatic heterocycles. The largest absolute Gasteiger partial charge is 0.476 e. The van der Waals surface area contributed by atoms with Crippen LogP contribution in [0.25, 0.3) is 16.6 Å². The van der Waals surface area contributed by atoms with Crippen molar-refractivity contribution in [3.8, 4) is 5.69 Å². The number of para-hydroxylation sites is 1. The van der Waals surface area contributed by atoms with Crippen LogP contribution in [0.5, 0.6) is 0 Å². The minimum absolute atomic E-state index is 0.0507. The zero-order chi connectivity index (χ0) is 14.1. The molecular weight excluding hydrogens is 254 g/mol. The van der Waals surface area contributed by atoms with Crippen molar-refractivity contribution >= 4 is 16.9 Å². The van der Waals surface area contributed by atoms with Crippen LogP contribution in [0, 0.1) is 0 Å². The normalized spacial score (nSPS) is 10.8. The van der Waals surface area contributed by atoms with Gasteiger partial charge in [0.15, 0.2) is 5.69 Å². The molecule has 5 nitrogen and oxygen atoms in total. The van der Waals surface area contributed by atoms with E-state index in [2.05, 4.69) is 10.1 Å². The van der Waals surface area contributed by atoms with Gasteiger partial charge in [0.2, 0.25) is 0 Å². The van der Waals surface area contributed by atoms with Crippen LogP contribution in [0.3, 0.4) is 0 Å². The Balaban J connectivity index is 2.28. The van der Waals surface area contributed by atoms with Crippen LogP contribution in [-0.2, 0) is 6.42 Å². The Morgan fingerprint density at radius 3 is 2.85 bits per heavy atom. The van der Waals surface area contributed by atoms with Gasteiger partial charge >= 0.3 is 5.97 Å². The third kappa shape index (κ3) is 1.93. The lowest BCUT2D eigenvalue weighted by atomic mass is 10.2. The lowest BCUT2D eigenvalue weighted by Crippen LogP contribution is -2.04. The van der Waals surface area contributed by atoms with E-state index in [0.717, 1.165) is 22.3 Å². The van der Waals surface area contributed by atoms with Crippen molar-refractivity contribution in [2.24, 2.45) is 0 Å². The predicted octanol–water partition coefficient (Wildman–Crippen LogP) is 2.68. The summed E-state index contributed by atoms with van der Waals surface area (Å²) in [5.74, 6) is -1.02. The Morgan fingerprint density at radius 1 is 1.30 bits per heavy atom. The highest BCUT2D eigenvalue weighted by atomic mass is 16.4. The van der Waals surface area contributed by atoms with Crippen LogP contribution >= 0.6 is 0 Å². The van der Waals surface area contributed by atoms with E-state index in [1.54, 1.807) is 16.9 Å². The SMILES string of the molecule is CCc1cc(C(=O)O)nn1-c1cccc2cccnc12. The number of aromatic nitrogens is 3. The number of fused-ring (bicyclic) bond motifs is 1. The van der Waals surface area contributed by atoms with Crippen molar-refractivity contribution in [2.75, 3.05) is 0 Å². The Morgan fingerprint density at radius 2 is 2.10 bits per heavy atom. The molecule has 0 bridgehead atoms. The predicted molar refractivity (Wildman–Crippen MR) is 75.2 cm³/mol. The number of hydrogen-bond acceptors (Lipinski definition) is 3. The van der Waals surface area contributed by atoms with Gasteiger partial charge in [-0.05, 0) is 24.6 Å². The topological polar surface area (TPSA) is 68.0 Å². The lowest BCUT2D eigenvalue weighted by molar-refractivity contribution is 0.0690. The fourth-order valence-corrected chi connectivity index (χ4v) is 2.24. The van der Waals surface area contributed by atoms with E-state index in [1.807, 2.05) is 37.3 Å². The van der Waals surface area contributed by atoms with Crippen LogP contribution in [0.1, 0.15) is 23.1 Å².